The van der Waals surface area contributed by atoms with E-state index >= 15 is 0 Å². The van der Waals surface area contributed by atoms with E-state index in [1.165, 1.54) is 12.8 Å². The van der Waals surface area contributed by atoms with Crippen LogP contribution >= 0.6 is 0 Å². The van der Waals surface area contributed by atoms with Crippen LogP contribution in [0.5, 0.6) is 0 Å². The van der Waals surface area contributed by atoms with Gasteiger partial charge in [-0.2, -0.15) is 0 Å². The number of nitrogens with one attached hydrogen (secondary N) is 1. The third kappa shape index (κ3) is 2.46. The van der Waals surface area contributed by atoms with Gasteiger partial charge in [-0.25, -0.2) is 9.97 Å². The summed E-state index contributed by atoms with van der Waals surface area (Å²) < 4.78 is 0. The Kier molecular flexibility index (Phi) is 3.30. The summed E-state index contributed by atoms with van der Waals surface area (Å²) in [7, 11) is 0. The van der Waals surface area contributed by atoms with Crippen LogP contribution in [0, 0.1) is 12.3 Å². The lowest BCUT2D eigenvalue weighted by Crippen LogP contribution is -2.29. The summed E-state index contributed by atoms with van der Waals surface area (Å²) in [6.45, 7) is 6.53. The van der Waals surface area contributed by atoms with Crippen LogP contribution in [0.3, 0.4) is 0 Å². The van der Waals surface area contributed by atoms with Crippen molar-refractivity contribution in [2.75, 3.05) is 31.1 Å². The largest absolute Gasteiger partial charge is 0.356 e. The summed E-state index contributed by atoms with van der Waals surface area (Å²) in [5, 5.41) is 3.51. The van der Waals surface area contributed by atoms with E-state index < -0.39 is 0 Å². The number of hydrogen-bond acceptors (Lipinski definition) is 5. The van der Waals surface area contributed by atoms with Crippen molar-refractivity contribution in [1.29, 1.82) is 0 Å². The highest BCUT2D eigenvalue weighted by atomic mass is 15.2. The third-order valence-electron chi connectivity index (χ3n) is 4.87. The number of anilines is 1. The first-order valence-corrected chi connectivity index (χ1v) is 7.96. The van der Waals surface area contributed by atoms with E-state index in [9.17, 15) is 0 Å². The molecule has 0 saturated carbocycles. The van der Waals surface area contributed by atoms with Gasteiger partial charge in [0.25, 0.3) is 0 Å². The van der Waals surface area contributed by atoms with Gasteiger partial charge in [-0.3, -0.25) is 4.98 Å². The zero-order chi connectivity index (χ0) is 15.0. The molecule has 5 nitrogen and oxygen atoms in total. The standard InChI is InChI=1S/C17H21N5/c1-13-10-15(21-16(20-13)14-2-6-18-7-3-14)22-9-5-17(12-22)4-8-19-11-17/h2-3,6-7,10,19H,4-5,8-9,11-12H2,1H3. The van der Waals surface area contributed by atoms with Gasteiger partial charge in [-0.05, 0) is 38.4 Å². The normalized spacial score (nSPS) is 24.3. The number of hydrogen-bond donors (Lipinski definition) is 1. The van der Waals surface area contributed by atoms with Crippen molar-refractivity contribution in [3.63, 3.8) is 0 Å². The van der Waals surface area contributed by atoms with E-state index in [2.05, 4.69) is 26.3 Å². The molecule has 2 aliphatic heterocycles. The van der Waals surface area contributed by atoms with Crippen molar-refractivity contribution in [1.82, 2.24) is 20.3 Å². The molecular weight excluding hydrogens is 274 g/mol. The maximum Gasteiger partial charge on any atom is 0.161 e. The zero-order valence-electron chi connectivity index (χ0n) is 12.9. The molecule has 1 atom stereocenters. The second kappa shape index (κ2) is 5.32. The van der Waals surface area contributed by atoms with Crippen molar-refractivity contribution in [2.24, 2.45) is 5.41 Å². The van der Waals surface area contributed by atoms with Gasteiger partial charge in [-0.1, -0.05) is 0 Å². The van der Waals surface area contributed by atoms with Gasteiger partial charge in [0.1, 0.15) is 5.82 Å². The van der Waals surface area contributed by atoms with Crippen LogP contribution in [0.15, 0.2) is 30.6 Å². The predicted octanol–water partition coefficient (Wildman–Crippen LogP) is 2.04. The molecule has 1 N–H and O–H groups in total. The van der Waals surface area contributed by atoms with Crippen LogP contribution in [0.25, 0.3) is 11.4 Å². The summed E-state index contributed by atoms with van der Waals surface area (Å²) in [5.74, 6) is 1.85. The number of aryl methyl sites for hydroxylation is 1. The SMILES string of the molecule is Cc1cc(N2CCC3(CCNC3)C2)nc(-c2ccncc2)n1. The van der Waals surface area contributed by atoms with E-state index in [4.69, 9.17) is 4.98 Å². The number of pyridine rings is 1. The van der Waals surface area contributed by atoms with E-state index in [0.29, 0.717) is 5.41 Å². The van der Waals surface area contributed by atoms with Crippen LogP contribution in [-0.2, 0) is 0 Å². The van der Waals surface area contributed by atoms with E-state index in [0.717, 1.165) is 49.1 Å². The Balaban J connectivity index is 1.64. The quantitative estimate of drug-likeness (QED) is 0.919. The monoisotopic (exact) mass is 295 g/mol. The highest BCUT2D eigenvalue weighted by Crippen LogP contribution is 2.38. The molecule has 4 rings (SSSR count). The van der Waals surface area contributed by atoms with Crippen molar-refractivity contribution < 1.29 is 0 Å². The van der Waals surface area contributed by atoms with Crippen molar-refractivity contribution in [3.05, 3.63) is 36.3 Å². The third-order valence-corrected chi connectivity index (χ3v) is 4.87. The van der Waals surface area contributed by atoms with Gasteiger partial charge in [0.2, 0.25) is 0 Å². The Morgan fingerprint density at radius 2 is 2.05 bits per heavy atom. The summed E-state index contributed by atoms with van der Waals surface area (Å²) in [5.41, 5.74) is 2.49. The Morgan fingerprint density at radius 1 is 1.18 bits per heavy atom. The number of aromatic nitrogens is 3. The molecule has 0 radical (unpaired) electrons. The molecule has 2 aromatic heterocycles. The highest BCUT2D eigenvalue weighted by molar-refractivity contribution is 5.57. The molecule has 1 unspecified atom stereocenters. The molecule has 0 aromatic carbocycles. The Labute approximate surface area is 130 Å². The second-order valence-corrected chi connectivity index (χ2v) is 6.53. The van der Waals surface area contributed by atoms with Gasteiger partial charge in [-0.15, -0.1) is 0 Å². The molecule has 1 spiro atoms. The summed E-state index contributed by atoms with van der Waals surface area (Å²) in [4.78, 5) is 15.9. The minimum atomic E-state index is 0.454. The van der Waals surface area contributed by atoms with Crippen LogP contribution in [0.1, 0.15) is 18.5 Å². The average molecular weight is 295 g/mol. The minimum Gasteiger partial charge on any atom is -0.356 e. The predicted molar refractivity (Wildman–Crippen MR) is 86.7 cm³/mol. The lowest BCUT2D eigenvalue weighted by molar-refractivity contribution is 0.369. The maximum absolute atomic E-state index is 4.81. The molecule has 114 valence electrons. The Morgan fingerprint density at radius 3 is 2.82 bits per heavy atom. The first-order chi connectivity index (χ1) is 10.7. The molecule has 2 aliphatic rings. The summed E-state index contributed by atoms with van der Waals surface area (Å²) in [6, 6.07) is 6.03. The van der Waals surface area contributed by atoms with Gasteiger partial charge >= 0.3 is 0 Å². The van der Waals surface area contributed by atoms with Crippen molar-refractivity contribution in [3.8, 4) is 11.4 Å². The summed E-state index contributed by atoms with van der Waals surface area (Å²) in [6.07, 6.45) is 6.11. The molecule has 22 heavy (non-hydrogen) atoms. The number of nitrogens with zero attached hydrogens (tertiary/aromatic N) is 4. The molecule has 4 heterocycles. The fraction of sp³-hybridized carbons (Fsp3) is 0.471. The molecule has 0 bridgehead atoms. The van der Waals surface area contributed by atoms with E-state index in [1.807, 2.05) is 19.1 Å². The molecule has 2 saturated heterocycles. The first-order valence-electron chi connectivity index (χ1n) is 7.96. The lowest BCUT2D eigenvalue weighted by Gasteiger charge is -2.23. The molecule has 2 fully saturated rings. The van der Waals surface area contributed by atoms with Gasteiger partial charge in [0.05, 0.1) is 0 Å². The van der Waals surface area contributed by atoms with Crippen molar-refractivity contribution in [2.45, 2.75) is 19.8 Å². The van der Waals surface area contributed by atoms with Gasteiger partial charge < -0.3 is 10.2 Å². The molecule has 0 aliphatic carbocycles. The van der Waals surface area contributed by atoms with Crippen LogP contribution in [0.2, 0.25) is 0 Å². The van der Waals surface area contributed by atoms with Crippen LogP contribution in [0.4, 0.5) is 5.82 Å². The van der Waals surface area contributed by atoms with Gasteiger partial charge in [0, 0.05) is 54.8 Å². The minimum absolute atomic E-state index is 0.454. The lowest BCUT2D eigenvalue weighted by atomic mass is 9.87. The topological polar surface area (TPSA) is 53.9 Å². The van der Waals surface area contributed by atoms with E-state index in [-0.39, 0.29) is 0 Å². The fourth-order valence-corrected chi connectivity index (χ4v) is 3.62. The maximum atomic E-state index is 4.81. The van der Waals surface area contributed by atoms with Crippen LogP contribution in [-0.4, -0.2) is 41.1 Å². The average Bonchev–Trinajstić information content (AvgIpc) is 3.18. The first kappa shape index (κ1) is 13.6. The molecular formula is C17H21N5. The highest BCUT2D eigenvalue weighted by Gasteiger charge is 2.40. The number of rotatable bonds is 2. The zero-order valence-corrected chi connectivity index (χ0v) is 12.9. The molecule has 5 heteroatoms. The smallest absolute Gasteiger partial charge is 0.161 e. The molecule has 0 amide bonds. The Hall–Kier alpha value is -2.01. The van der Waals surface area contributed by atoms with Crippen molar-refractivity contribution >= 4 is 5.82 Å². The fourth-order valence-electron chi connectivity index (χ4n) is 3.62. The summed E-state index contributed by atoms with van der Waals surface area (Å²) >= 11 is 0. The van der Waals surface area contributed by atoms with E-state index in [1.54, 1.807) is 12.4 Å². The molecule has 2 aromatic rings. The van der Waals surface area contributed by atoms with Gasteiger partial charge in [0.15, 0.2) is 5.82 Å². The van der Waals surface area contributed by atoms with Crippen LogP contribution < -0.4 is 10.2 Å². The Bertz CT molecular complexity index is 664. The second-order valence-electron chi connectivity index (χ2n) is 6.53.